The van der Waals surface area contributed by atoms with Crippen molar-refractivity contribution < 1.29 is 52.7 Å². The average molecular weight is 1320 g/mol. The van der Waals surface area contributed by atoms with Crippen LogP contribution in [0.15, 0.2) is 177 Å². The van der Waals surface area contributed by atoms with E-state index in [1.165, 1.54) is 92.5 Å². The van der Waals surface area contributed by atoms with Gasteiger partial charge in [0.1, 0.15) is 0 Å². The molecule has 0 aromatic heterocycles. The fourth-order valence-corrected chi connectivity index (χ4v) is 11.2. The highest BCUT2D eigenvalue weighted by atomic mass is 16.2. The number of rotatable bonds is 40. The second kappa shape index (κ2) is 51.0. The van der Waals surface area contributed by atoms with Crippen LogP contribution in [0.5, 0.6) is 0 Å². The van der Waals surface area contributed by atoms with Gasteiger partial charge in [-0.25, -0.2) is 0 Å². The van der Waals surface area contributed by atoms with Gasteiger partial charge in [0, 0.05) is 118 Å². The Kier molecular flexibility index (Phi) is 47.0. The van der Waals surface area contributed by atoms with Crippen LogP contribution >= 0.6 is 0 Å². The van der Waals surface area contributed by atoms with Crippen LogP contribution in [-0.2, 0) is 52.7 Å². The standard InChI is InChI=1S/C18H26N2O2.C16H22N2O2.C15H23N3O3.C13H22N2O2.C11H18N2O2/c1-3-16(21)19-9-11-5-6-14-15-8-12(18(11)14)7-13(15)10-20-17(22)4-2;1-5-11-17(15(19)7-3)13-9-10-14-18(12-6-2)16(20)8-4;1-5-12(19)16-9-15(8-4,10-17-13(20)6-2)11-18-14(21)7-3;1-5-12(16)14(7-3)10-9-11-15(8-4)13(17)6-2;1-5-10(14)12(3)8-7-9-13(4)11(15)6-2/h3-4,11-15,18H,1-2,5-10H2,(H,19,21)(H,20,22);5-10H,1-4,11-14H2;5-7H,1-3,8-11H2,4H3,(H,16,19)(H,17,20)(H,18,21);5-6H,1-2,7-11H2,3-4H3;5-6H,1-2,7-9H2,3-4H3/b;10-9+;;;. The van der Waals surface area contributed by atoms with Gasteiger partial charge in [0.05, 0.1) is 0 Å². The molecule has 524 valence electrons. The summed E-state index contributed by atoms with van der Waals surface area (Å²) in [4.78, 5) is 134. The molecule has 0 heterocycles. The Balaban J connectivity index is 0. The fraction of sp³-hybridized carbons (Fsp3) is 0.466. The predicted octanol–water partition coefficient (Wildman–Crippen LogP) is 6.23. The van der Waals surface area contributed by atoms with E-state index in [0.29, 0.717) is 103 Å². The van der Waals surface area contributed by atoms with Crippen LogP contribution < -0.4 is 26.6 Å². The Labute approximate surface area is 566 Å². The first-order valence-corrected chi connectivity index (χ1v) is 32.1. The van der Waals surface area contributed by atoms with Crippen LogP contribution in [0, 0.1) is 40.9 Å². The molecule has 2 bridgehead atoms. The summed E-state index contributed by atoms with van der Waals surface area (Å²) in [5.74, 6) is 2.71. The molecule has 3 aliphatic rings. The molecule has 6 atom stereocenters. The maximum absolute atomic E-state index is 11.5. The number of hydrogen-bond acceptors (Lipinski definition) is 11. The molecule has 0 aromatic carbocycles. The van der Waals surface area contributed by atoms with Gasteiger partial charge >= 0.3 is 0 Å². The first-order chi connectivity index (χ1) is 45.3. The van der Waals surface area contributed by atoms with Gasteiger partial charge in [-0.15, -0.1) is 13.2 Å². The largest absolute Gasteiger partial charge is 0.352 e. The van der Waals surface area contributed by atoms with Gasteiger partial charge in [-0.3, -0.25) is 52.7 Å². The van der Waals surface area contributed by atoms with Gasteiger partial charge in [0.25, 0.3) is 0 Å². The number of amides is 11. The minimum Gasteiger partial charge on any atom is -0.352 e. The van der Waals surface area contributed by atoms with E-state index in [-0.39, 0.29) is 65.0 Å². The molecule has 0 radical (unpaired) electrons. The molecule has 22 nitrogen and oxygen atoms in total. The van der Waals surface area contributed by atoms with Gasteiger partial charge < -0.3 is 56.0 Å². The summed E-state index contributed by atoms with van der Waals surface area (Å²) >= 11 is 0. The van der Waals surface area contributed by atoms with Crippen LogP contribution in [0.25, 0.3) is 0 Å². The molecular formula is C73H111N11O11. The fourth-order valence-electron chi connectivity index (χ4n) is 11.2. The van der Waals surface area contributed by atoms with Crippen molar-refractivity contribution in [1.29, 1.82) is 0 Å². The van der Waals surface area contributed by atoms with Gasteiger partial charge in [-0.05, 0) is 161 Å². The van der Waals surface area contributed by atoms with Gasteiger partial charge in [-0.1, -0.05) is 104 Å². The van der Waals surface area contributed by atoms with E-state index < -0.39 is 5.41 Å². The summed E-state index contributed by atoms with van der Waals surface area (Å²) in [5, 5.41) is 14.0. The Bertz CT molecular complexity index is 2550. The van der Waals surface area contributed by atoms with E-state index in [1.807, 2.05) is 32.9 Å². The molecule has 3 fully saturated rings. The zero-order chi connectivity index (χ0) is 72.5. The molecule has 3 rings (SSSR count). The van der Waals surface area contributed by atoms with E-state index in [9.17, 15) is 52.7 Å². The van der Waals surface area contributed by atoms with Crippen molar-refractivity contribution in [2.24, 2.45) is 40.9 Å². The molecular weight excluding hydrogens is 1210 g/mol. The number of fused-ring (bicyclic) bond motifs is 5. The molecule has 0 aromatic rings. The van der Waals surface area contributed by atoms with Crippen molar-refractivity contribution in [3.05, 3.63) is 177 Å². The summed E-state index contributed by atoms with van der Waals surface area (Å²) < 4.78 is 0. The maximum atomic E-state index is 11.5. The first-order valence-electron chi connectivity index (χ1n) is 32.1. The minimum absolute atomic E-state index is 0.0587. The lowest BCUT2D eigenvalue weighted by molar-refractivity contribution is -0.127. The zero-order valence-electron chi connectivity index (χ0n) is 57.5. The number of carbonyl (C=O) groups is 11. The third kappa shape index (κ3) is 34.3. The van der Waals surface area contributed by atoms with Gasteiger partial charge in [0.15, 0.2) is 0 Å². The average Bonchev–Trinajstić information content (AvgIpc) is 1.59. The lowest BCUT2D eigenvalue weighted by atomic mass is 9.73. The summed E-state index contributed by atoms with van der Waals surface area (Å²) in [5.41, 5.74) is -0.504. The second-order valence-electron chi connectivity index (χ2n) is 22.6. The third-order valence-corrected chi connectivity index (χ3v) is 16.6. The minimum atomic E-state index is -0.504. The number of carbonyl (C=O) groups excluding carboxylic acids is 11. The molecule has 0 spiro atoms. The third-order valence-electron chi connectivity index (χ3n) is 16.6. The van der Waals surface area contributed by atoms with E-state index in [0.717, 1.165) is 49.6 Å². The molecule has 5 N–H and O–H groups in total. The quantitative estimate of drug-likeness (QED) is 0.0339. The van der Waals surface area contributed by atoms with Crippen molar-refractivity contribution in [1.82, 2.24) is 56.0 Å². The van der Waals surface area contributed by atoms with Crippen molar-refractivity contribution in [3.8, 4) is 0 Å². The smallest absolute Gasteiger partial charge is 0.246 e. The Morgan fingerprint density at radius 3 is 1.05 bits per heavy atom. The molecule has 6 unspecified atom stereocenters. The molecule has 3 aliphatic carbocycles. The Morgan fingerprint density at radius 2 is 0.726 bits per heavy atom. The topological polar surface area (TPSA) is 267 Å². The van der Waals surface area contributed by atoms with Crippen molar-refractivity contribution >= 4 is 65.0 Å². The van der Waals surface area contributed by atoms with Crippen LogP contribution in [0.1, 0.15) is 65.7 Å². The zero-order valence-corrected chi connectivity index (χ0v) is 57.5. The first kappa shape index (κ1) is 87.6. The summed E-state index contributed by atoms with van der Waals surface area (Å²) in [7, 11) is 3.42. The normalized spacial score (nSPS) is 16.3. The molecule has 11 amide bonds. The van der Waals surface area contributed by atoms with Crippen molar-refractivity contribution in [2.45, 2.75) is 65.7 Å². The van der Waals surface area contributed by atoms with E-state index in [1.54, 1.807) is 55.6 Å². The Morgan fingerprint density at radius 1 is 0.389 bits per heavy atom. The molecule has 3 saturated carbocycles. The van der Waals surface area contributed by atoms with Crippen LogP contribution in [0.2, 0.25) is 0 Å². The van der Waals surface area contributed by atoms with Gasteiger partial charge in [-0.2, -0.15) is 0 Å². The summed E-state index contributed by atoms with van der Waals surface area (Å²) in [6.07, 6.45) is 28.1. The van der Waals surface area contributed by atoms with E-state index in [2.05, 4.69) is 112 Å². The van der Waals surface area contributed by atoms with Crippen LogP contribution in [0.3, 0.4) is 0 Å². The molecule has 0 saturated heterocycles. The monoisotopic (exact) mass is 1320 g/mol. The Hall–Kier alpha value is -9.47. The molecule has 0 aliphatic heterocycles. The summed E-state index contributed by atoms with van der Waals surface area (Å²) in [6.45, 7) is 58.9. The van der Waals surface area contributed by atoms with Crippen LogP contribution in [0.4, 0.5) is 0 Å². The number of hydrogen-bond donors (Lipinski definition) is 5. The molecule has 22 heteroatoms. The number of nitrogens with one attached hydrogen (secondary N) is 5. The highest BCUT2D eigenvalue weighted by Gasteiger charge is 2.56. The lowest BCUT2D eigenvalue weighted by Crippen LogP contribution is -2.50. The SMILES string of the molecule is C=CC(=O)N(C)CCCN(C)C(=O)C=C.C=CC(=O)N(CC)CCCN(CC)C(=O)C=C.C=CC(=O)NCC(CC)(CNC(=O)C=C)CNC(=O)C=C.C=CC(=O)NCC1CC2CC1C1CCC(CNC(=O)C=C)C21.C=CCN(C/C=C/CN(CC=C)C(=O)C=C)C(=O)C=C. The van der Waals surface area contributed by atoms with Gasteiger partial charge in [0.2, 0.25) is 65.0 Å². The number of likely N-dealkylation sites (N-methyl/N-ethyl adjacent to an activating group) is 4. The van der Waals surface area contributed by atoms with Crippen molar-refractivity contribution in [3.63, 3.8) is 0 Å². The second-order valence-corrected chi connectivity index (χ2v) is 22.6. The molecule has 95 heavy (non-hydrogen) atoms. The van der Waals surface area contributed by atoms with E-state index in [4.69, 9.17) is 0 Å². The summed E-state index contributed by atoms with van der Waals surface area (Å²) in [6, 6.07) is 0. The maximum Gasteiger partial charge on any atom is 0.246 e. The highest BCUT2D eigenvalue weighted by molar-refractivity contribution is 5.91. The van der Waals surface area contributed by atoms with Crippen molar-refractivity contribution in [2.75, 3.05) is 112 Å². The van der Waals surface area contributed by atoms with Crippen LogP contribution in [-0.4, -0.2) is 207 Å². The lowest BCUT2D eigenvalue weighted by Gasteiger charge is -2.34. The predicted molar refractivity (Wildman–Crippen MR) is 381 cm³/mol. The number of nitrogens with zero attached hydrogens (tertiary/aromatic N) is 6. The highest BCUT2D eigenvalue weighted by Crippen LogP contribution is 2.62. The van der Waals surface area contributed by atoms with E-state index >= 15 is 0 Å².